The lowest BCUT2D eigenvalue weighted by molar-refractivity contribution is -0.343. The van der Waals surface area contributed by atoms with Crippen LogP contribution in [-0.2, 0) is 14.2 Å². The highest BCUT2D eigenvalue weighted by Crippen LogP contribution is 2.28. The largest absolute Gasteiger partial charge is 0.470 e. The maximum Gasteiger partial charge on any atom is 0.219 e. The fourth-order valence-corrected chi connectivity index (χ4v) is 2.64. The van der Waals surface area contributed by atoms with Gasteiger partial charge < -0.3 is 29.5 Å². The predicted octanol–water partition coefficient (Wildman–Crippen LogP) is -0.786. The molecule has 9 heteroatoms. The topological polar surface area (TPSA) is 98.1 Å². The second-order valence-corrected chi connectivity index (χ2v) is 4.77. The molecule has 0 radical (unpaired) electrons. The molecule has 1 aliphatic rings. The molecule has 0 amide bonds. The Morgan fingerprint density at radius 3 is 1.04 bits per heavy atom. The molecule has 0 aromatic heterocycles. The van der Waals surface area contributed by atoms with Gasteiger partial charge in [-0.05, 0) is 0 Å². The van der Waals surface area contributed by atoms with Crippen LogP contribution < -0.4 is 0 Å². The third-order valence-electron chi connectivity index (χ3n) is 3.43. The highest BCUT2D eigenvalue weighted by molar-refractivity contribution is 4.84. The first kappa shape index (κ1) is 20.4. The summed E-state index contributed by atoms with van der Waals surface area (Å²) in [5.74, 6) is 0. The monoisotopic (exact) mass is 345 g/mol. The molecule has 0 aromatic rings. The molecule has 9 nitrogen and oxygen atoms in total. The van der Waals surface area contributed by atoms with E-state index < -0.39 is 19.1 Å². The summed E-state index contributed by atoms with van der Waals surface area (Å²) in [6, 6.07) is 0. The van der Waals surface area contributed by atoms with Gasteiger partial charge in [-0.3, -0.25) is 0 Å². The van der Waals surface area contributed by atoms with Crippen LogP contribution in [0.1, 0.15) is 0 Å². The van der Waals surface area contributed by atoms with Crippen molar-refractivity contribution >= 4 is 0 Å². The van der Waals surface area contributed by atoms with E-state index in [9.17, 15) is 15.3 Å². The van der Waals surface area contributed by atoms with Gasteiger partial charge in [0.2, 0.25) is 19.1 Å². The zero-order valence-electron chi connectivity index (χ0n) is 13.7. The molecule has 1 heterocycles. The summed E-state index contributed by atoms with van der Waals surface area (Å²) in [4.78, 5) is 5.08. The Balaban J connectivity index is 3.29. The zero-order chi connectivity index (χ0) is 17.9. The number of aliphatic hydroxyl groups is 3. The fourth-order valence-electron chi connectivity index (χ4n) is 2.64. The number of hydrogen-bond donors (Lipinski definition) is 3. The Morgan fingerprint density at radius 2 is 0.875 bits per heavy atom. The molecule has 0 unspecified atom stereocenters. The SMILES string of the molecule is C=COC1N(CCO)C(OC=C)N(CCO)C(OC=C)N1CCO. The summed E-state index contributed by atoms with van der Waals surface area (Å²) in [5, 5.41) is 28.2. The van der Waals surface area contributed by atoms with E-state index in [1.54, 1.807) is 14.7 Å². The molecule has 1 aliphatic heterocycles. The van der Waals surface area contributed by atoms with Gasteiger partial charge in [0.25, 0.3) is 0 Å². The van der Waals surface area contributed by atoms with E-state index in [1.165, 1.54) is 18.8 Å². The number of aliphatic hydroxyl groups excluding tert-OH is 3. The number of hydrogen-bond acceptors (Lipinski definition) is 9. The predicted molar refractivity (Wildman–Crippen MR) is 86.6 cm³/mol. The van der Waals surface area contributed by atoms with Crippen molar-refractivity contribution < 1.29 is 29.5 Å². The summed E-state index contributed by atoms with van der Waals surface area (Å²) in [7, 11) is 0. The van der Waals surface area contributed by atoms with Gasteiger partial charge in [0, 0.05) is 19.6 Å². The molecule has 0 saturated carbocycles. The molecule has 1 saturated heterocycles. The van der Waals surface area contributed by atoms with Gasteiger partial charge in [-0.25, -0.2) is 14.7 Å². The van der Waals surface area contributed by atoms with Gasteiger partial charge in [0.1, 0.15) is 0 Å². The third kappa shape index (κ3) is 4.69. The first-order valence-corrected chi connectivity index (χ1v) is 7.59. The molecule has 138 valence electrons. The maximum atomic E-state index is 9.40. The van der Waals surface area contributed by atoms with Crippen molar-refractivity contribution in [2.75, 3.05) is 39.5 Å². The lowest BCUT2D eigenvalue weighted by atomic mass is 10.3. The van der Waals surface area contributed by atoms with E-state index in [0.717, 1.165) is 0 Å². The normalized spacial score (nSPS) is 25.9. The van der Waals surface area contributed by atoms with Crippen LogP contribution in [0.2, 0.25) is 0 Å². The Morgan fingerprint density at radius 1 is 0.625 bits per heavy atom. The Labute approximate surface area is 142 Å². The molecule has 1 rings (SSSR count). The van der Waals surface area contributed by atoms with Gasteiger partial charge in [-0.2, -0.15) is 0 Å². The number of ether oxygens (including phenoxy) is 3. The van der Waals surface area contributed by atoms with Crippen molar-refractivity contribution in [2.45, 2.75) is 19.1 Å². The fraction of sp³-hybridized carbons (Fsp3) is 0.600. The van der Waals surface area contributed by atoms with Gasteiger partial charge >= 0.3 is 0 Å². The summed E-state index contributed by atoms with van der Waals surface area (Å²) in [6.07, 6.45) is 1.63. The molecule has 0 aliphatic carbocycles. The molecule has 3 N–H and O–H groups in total. The number of nitrogens with zero attached hydrogens (tertiary/aromatic N) is 3. The second kappa shape index (κ2) is 11.0. The second-order valence-electron chi connectivity index (χ2n) is 4.77. The first-order valence-electron chi connectivity index (χ1n) is 7.59. The number of rotatable bonds is 12. The van der Waals surface area contributed by atoms with E-state index in [-0.39, 0.29) is 39.5 Å². The standard InChI is InChI=1S/C15H27N3O6/c1-4-22-13-16(7-10-19)14(23-5-2)18(9-12-21)15(24-6-3)17(13)8-11-20/h4-6,13-15,19-21H,1-3,7-12H2. The van der Waals surface area contributed by atoms with Crippen LogP contribution >= 0.6 is 0 Å². The first-order chi connectivity index (χ1) is 11.7. The minimum absolute atomic E-state index is 0.152. The molecule has 0 bridgehead atoms. The van der Waals surface area contributed by atoms with Crippen LogP contribution in [0.25, 0.3) is 0 Å². The molecule has 0 aromatic carbocycles. The van der Waals surface area contributed by atoms with Crippen LogP contribution in [0.5, 0.6) is 0 Å². The van der Waals surface area contributed by atoms with E-state index >= 15 is 0 Å². The number of β-amino-alcohol motifs (C(OH)–C–C–N with tert-alkyl or cyclic N) is 3. The van der Waals surface area contributed by atoms with Crippen molar-refractivity contribution in [1.82, 2.24) is 14.7 Å². The molecular weight excluding hydrogens is 318 g/mol. The van der Waals surface area contributed by atoms with Gasteiger partial charge in [0.15, 0.2) is 0 Å². The van der Waals surface area contributed by atoms with E-state index in [4.69, 9.17) is 14.2 Å². The Kier molecular flexibility index (Phi) is 9.38. The molecule has 1 fully saturated rings. The van der Waals surface area contributed by atoms with E-state index in [2.05, 4.69) is 19.7 Å². The van der Waals surface area contributed by atoms with Crippen LogP contribution in [0.15, 0.2) is 38.5 Å². The maximum absolute atomic E-state index is 9.40. The molecule has 0 spiro atoms. The smallest absolute Gasteiger partial charge is 0.219 e. The lowest BCUT2D eigenvalue weighted by Gasteiger charge is -2.54. The van der Waals surface area contributed by atoms with Crippen LogP contribution in [0, 0.1) is 0 Å². The van der Waals surface area contributed by atoms with Gasteiger partial charge in [-0.1, -0.05) is 19.7 Å². The van der Waals surface area contributed by atoms with Crippen molar-refractivity contribution in [3.8, 4) is 0 Å². The lowest BCUT2D eigenvalue weighted by Crippen LogP contribution is -2.72. The Hall–Kier alpha value is -1.62. The molecular formula is C15H27N3O6. The third-order valence-corrected chi connectivity index (χ3v) is 3.43. The average Bonchev–Trinajstić information content (AvgIpc) is 2.57. The zero-order valence-corrected chi connectivity index (χ0v) is 13.7. The average molecular weight is 345 g/mol. The summed E-state index contributed by atoms with van der Waals surface area (Å²) in [6.45, 7) is 10.9. The Bertz CT molecular complexity index is 328. The van der Waals surface area contributed by atoms with Crippen molar-refractivity contribution in [2.24, 2.45) is 0 Å². The van der Waals surface area contributed by atoms with Crippen LogP contribution in [0.4, 0.5) is 0 Å². The van der Waals surface area contributed by atoms with E-state index in [0.29, 0.717) is 0 Å². The van der Waals surface area contributed by atoms with Gasteiger partial charge in [-0.15, -0.1) is 0 Å². The summed E-state index contributed by atoms with van der Waals surface area (Å²) < 4.78 is 16.7. The summed E-state index contributed by atoms with van der Waals surface area (Å²) in [5.41, 5.74) is 0. The highest BCUT2D eigenvalue weighted by Gasteiger charge is 2.48. The minimum atomic E-state index is -0.716. The van der Waals surface area contributed by atoms with Crippen LogP contribution in [-0.4, -0.2) is 88.5 Å². The molecule has 0 atom stereocenters. The quantitative estimate of drug-likeness (QED) is 0.393. The minimum Gasteiger partial charge on any atom is -0.470 e. The van der Waals surface area contributed by atoms with Gasteiger partial charge in [0.05, 0.1) is 38.6 Å². The van der Waals surface area contributed by atoms with Crippen molar-refractivity contribution in [3.63, 3.8) is 0 Å². The van der Waals surface area contributed by atoms with Crippen LogP contribution in [0.3, 0.4) is 0 Å². The van der Waals surface area contributed by atoms with E-state index in [1.807, 2.05) is 0 Å². The summed E-state index contributed by atoms with van der Waals surface area (Å²) >= 11 is 0. The molecule has 24 heavy (non-hydrogen) atoms. The highest BCUT2D eigenvalue weighted by atomic mass is 16.6. The van der Waals surface area contributed by atoms with Crippen molar-refractivity contribution in [3.05, 3.63) is 38.5 Å². The van der Waals surface area contributed by atoms with Crippen molar-refractivity contribution in [1.29, 1.82) is 0 Å².